The first-order valence-corrected chi connectivity index (χ1v) is 38.2. The van der Waals surface area contributed by atoms with Crippen LogP contribution in [0.1, 0.15) is 265 Å². The van der Waals surface area contributed by atoms with E-state index in [4.69, 9.17) is 4.74 Å². The number of ether oxygens (including phenoxy) is 1. The van der Waals surface area contributed by atoms with Crippen molar-refractivity contribution < 1.29 is 4.74 Å². The molecule has 88 heavy (non-hydrogen) atoms. The molecule has 1 aliphatic heterocycles. The third-order valence-corrected chi connectivity index (χ3v) is 29.6. The molecule has 14 aliphatic rings. The molecule has 1 saturated heterocycles. The van der Waals surface area contributed by atoms with Gasteiger partial charge in [0.25, 0.3) is 0 Å². The van der Waals surface area contributed by atoms with E-state index in [2.05, 4.69) is 143 Å². The van der Waals surface area contributed by atoms with Crippen LogP contribution in [0.15, 0.2) is 126 Å². The van der Waals surface area contributed by atoms with Crippen molar-refractivity contribution in [1.82, 2.24) is 4.90 Å². The van der Waals surface area contributed by atoms with Crippen molar-refractivity contribution >= 4 is 11.3 Å². The lowest BCUT2D eigenvalue weighted by Gasteiger charge is -2.57. The molecule has 0 N–H and O–H groups in total. The molecule has 0 aromatic heterocycles. The third kappa shape index (κ3) is 10.6. The molecule has 15 rings (SSSR count). The lowest BCUT2D eigenvalue weighted by Crippen LogP contribution is -2.54. The first-order chi connectivity index (χ1) is 42.7. The highest BCUT2D eigenvalue weighted by Gasteiger charge is 2.70. The molecule has 16 unspecified atom stereocenters. The van der Waals surface area contributed by atoms with Crippen molar-refractivity contribution in [2.24, 2.45) is 80.8 Å². The maximum atomic E-state index is 7.13. The second-order valence-corrected chi connectivity index (χ2v) is 34.7. The average Bonchev–Trinajstić information content (AvgIpc) is 1.51. The van der Waals surface area contributed by atoms with Crippen LogP contribution < -0.4 is 4.90 Å². The van der Waals surface area contributed by atoms with E-state index in [1.165, 1.54) is 209 Å². The monoisotopic (exact) mass is 1180 g/mol. The number of rotatable bonds is 12. The summed E-state index contributed by atoms with van der Waals surface area (Å²) in [6.45, 7) is 24.3. The molecular weight excluding hydrogens is 1060 g/mol. The number of hydrogen-bond donors (Lipinski definition) is 0. The fourth-order valence-electron chi connectivity index (χ4n) is 25.3. The highest BCUT2D eigenvalue weighted by atomic mass is 16.5. The first-order valence-electron chi connectivity index (χ1n) is 38.2. The summed E-state index contributed by atoms with van der Waals surface area (Å²) in [6.07, 6.45) is 69.7. The molecule has 1 heterocycles. The summed E-state index contributed by atoms with van der Waals surface area (Å²) < 4.78 is 7.13. The molecule has 6 saturated carbocycles. The van der Waals surface area contributed by atoms with Crippen LogP contribution >= 0.6 is 0 Å². The fourth-order valence-corrected chi connectivity index (χ4v) is 25.3. The van der Waals surface area contributed by atoms with E-state index in [0.717, 1.165) is 73.2 Å². The van der Waals surface area contributed by atoms with Crippen LogP contribution in [-0.2, 0) is 4.74 Å². The van der Waals surface area contributed by atoms with Crippen LogP contribution in [0.5, 0.6) is 0 Å². The zero-order valence-electron chi connectivity index (χ0n) is 56.6. The zero-order valence-corrected chi connectivity index (χ0v) is 56.6. The summed E-state index contributed by atoms with van der Waals surface area (Å²) in [5.41, 5.74) is 16.6. The molecule has 3 nitrogen and oxygen atoms in total. The quantitative estimate of drug-likeness (QED) is 0.194. The van der Waals surface area contributed by atoms with Crippen molar-refractivity contribution in [3.63, 3.8) is 0 Å². The smallest absolute Gasteiger partial charge is 0.0616 e. The number of benzene rings is 1. The maximum Gasteiger partial charge on any atom is 0.0616 e. The van der Waals surface area contributed by atoms with Gasteiger partial charge in [-0.3, -0.25) is 4.90 Å². The Balaban J connectivity index is 0.781. The summed E-state index contributed by atoms with van der Waals surface area (Å²) in [6, 6.07) is 13.6. The Labute approximate surface area is 537 Å². The molecular formula is C85H120N2O. The molecule has 13 aliphatic carbocycles. The molecule has 1 aromatic rings. The largest absolute Gasteiger partial charge is 0.374 e. The topological polar surface area (TPSA) is 15.7 Å². The van der Waals surface area contributed by atoms with Gasteiger partial charge in [0.2, 0.25) is 0 Å². The Kier molecular flexibility index (Phi) is 16.9. The minimum atomic E-state index is 0.304. The maximum absolute atomic E-state index is 7.13. The van der Waals surface area contributed by atoms with Crippen molar-refractivity contribution in [1.29, 1.82) is 0 Å². The minimum absolute atomic E-state index is 0.304. The highest BCUT2D eigenvalue weighted by Crippen LogP contribution is 2.76. The van der Waals surface area contributed by atoms with E-state index in [1.807, 2.05) is 16.7 Å². The molecule has 0 radical (unpaired) electrons. The van der Waals surface area contributed by atoms with Crippen LogP contribution in [0.25, 0.3) is 5.57 Å². The normalized spacial score (nSPS) is 41.8. The zero-order chi connectivity index (χ0) is 60.1. The molecule has 1 aromatic carbocycles. The second kappa shape index (κ2) is 24.5. The summed E-state index contributed by atoms with van der Waals surface area (Å²) >= 11 is 0. The van der Waals surface area contributed by atoms with Crippen LogP contribution in [0.2, 0.25) is 0 Å². The minimum Gasteiger partial charge on any atom is -0.374 e. The Morgan fingerprint density at radius 3 is 2.10 bits per heavy atom. The number of allylic oxidation sites excluding steroid dienone is 10. The Hall–Kier alpha value is -3.40. The van der Waals surface area contributed by atoms with Gasteiger partial charge in [0.05, 0.1) is 12.2 Å². The van der Waals surface area contributed by atoms with E-state index in [1.54, 1.807) is 16.8 Å². The van der Waals surface area contributed by atoms with Gasteiger partial charge in [-0.25, -0.2) is 0 Å². The van der Waals surface area contributed by atoms with Crippen molar-refractivity contribution in [3.8, 4) is 0 Å². The SMILES string of the molecule is C=CC1=CCC(OC2CC=C(C3(C4CCC(C(C)(C)C)CC4)C4CCCCC4C4(C)CCC(N(c5ccc(C6=CC7C8=CC(C9=CCC(C=C)CC9)CCC8N(C8CCCCC8)C7C=C6)cc5)C5CCC6=C(C5)C(C)(C)C5CCCCC65)CC43)CC2)CC1. The number of anilines is 1. The first kappa shape index (κ1) is 60.8. The fraction of sp³-hybridized carbons (Fsp3) is 0.718. The standard InChI is InChI=1S/C85H120N2O/c1-9-56-24-28-58(29-25-56)60-32-48-79-73(52-60)74-53-61(33-49-80(74)87(79)65-18-12-11-13-19-65)59-30-40-66(41-31-59)86(67-42-47-72-71-20-14-15-21-75(71)83(6,7)78(72)54-67)68-50-51-84(8)76-22-16-17-23-77(76)85(81(84)55-68,63-36-34-62(35-37-63)82(3,4)5)64-38-45-70(46-39-64)88-69-43-26-57(10-2)27-44-69/h9-10,26,28,30-31,33,38,40-41,49,52-53,56,60,62-63,65,67-71,74-77,79-81H,1-2,11-25,27,29,32,34-37,39,42-48,50-51,54-55H2,3-8H3. The predicted octanol–water partition coefficient (Wildman–Crippen LogP) is 22.4. The van der Waals surface area contributed by atoms with Crippen molar-refractivity contribution in [2.75, 3.05) is 4.90 Å². The van der Waals surface area contributed by atoms with E-state index < -0.39 is 0 Å². The van der Waals surface area contributed by atoms with Gasteiger partial charge in [0.1, 0.15) is 0 Å². The molecule has 7 fully saturated rings. The number of hydrogen-bond acceptors (Lipinski definition) is 3. The molecule has 0 amide bonds. The molecule has 3 heteroatoms. The number of likely N-dealkylation sites (tertiary alicyclic amines) is 1. The van der Waals surface area contributed by atoms with Gasteiger partial charge >= 0.3 is 0 Å². The lowest BCUT2D eigenvalue weighted by atomic mass is 9.49. The van der Waals surface area contributed by atoms with Crippen LogP contribution in [0, 0.1) is 80.8 Å². The molecule has 476 valence electrons. The number of fused-ring (bicyclic) bond motifs is 8. The summed E-state index contributed by atoms with van der Waals surface area (Å²) in [7, 11) is 0. The van der Waals surface area contributed by atoms with Crippen molar-refractivity contribution in [3.05, 3.63) is 131 Å². The van der Waals surface area contributed by atoms with E-state index in [0.29, 0.717) is 75.8 Å². The summed E-state index contributed by atoms with van der Waals surface area (Å²) in [5.74, 6) is 7.53. The third-order valence-electron chi connectivity index (χ3n) is 29.6. The van der Waals surface area contributed by atoms with E-state index in [-0.39, 0.29) is 0 Å². The summed E-state index contributed by atoms with van der Waals surface area (Å²) in [4.78, 5) is 6.30. The Bertz CT molecular complexity index is 2970. The molecule has 0 bridgehead atoms. The Morgan fingerprint density at radius 1 is 0.659 bits per heavy atom. The van der Waals surface area contributed by atoms with Gasteiger partial charge in [0, 0.05) is 47.2 Å². The Morgan fingerprint density at radius 2 is 1.40 bits per heavy atom. The average molecular weight is 1190 g/mol. The van der Waals surface area contributed by atoms with Gasteiger partial charge in [0.15, 0.2) is 0 Å². The molecule has 16 atom stereocenters. The van der Waals surface area contributed by atoms with Crippen molar-refractivity contribution in [2.45, 2.75) is 302 Å². The van der Waals surface area contributed by atoms with E-state index in [9.17, 15) is 0 Å². The second-order valence-electron chi connectivity index (χ2n) is 34.7. The highest BCUT2D eigenvalue weighted by molar-refractivity contribution is 5.77. The molecule has 0 spiro atoms. The van der Waals surface area contributed by atoms with E-state index >= 15 is 0 Å². The van der Waals surface area contributed by atoms with Gasteiger partial charge < -0.3 is 9.64 Å². The summed E-state index contributed by atoms with van der Waals surface area (Å²) in [5, 5.41) is 0. The predicted molar refractivity (Wildman–Crippen MR) is 371 cm³/mol. The number of nitrogens with zero attached hydrogens (tertiary/aromatic N) is 2. The van der Waals surface area contributed by atoms with Gasteiger partial charge in [-0.15, -0.1) is 6.58 Å². The van der Waals surface area contributed by atoms with Crippen LogP contribution in [0.3, 0.4) is 0 Å². The van der Waals surface area contributed by atoms with Gasteiger partial charge in [-0.1, -0.05) is 188 Å². The van der Waals surface area contributed by atoms with Gasteiger partial charge in [-0.05, 0) is 272 Å². The lowest BCUT2D eigenvalue weighted by molar-refractivity contribution is -0.0343. The van der Waals surface area contributed by atoms with Crippen LogP contribution in [0.4, 0.5) is 5.69 Å². The van der Waals surface area contributed by atoms with Gasteiger partial charge in [-0.2, -0.15) is 0 Å². The van der Waals surface area contributed by atoms with Crippen LogP contribution in [-0.4, -0.2) is 47.3 Å².